The van der Waals surface area contributed by atoms with Crippen molar-refractivity contribution in [3.05, 3.63) is 24.3 Å². The highest BCUT2D eigenvalue weighted by Gasteiger charge is 2.31. The minimum absolute atomic E-state index is 0.144. The van der Waals surface area contributed by atoms with Crippen LogP contribution >= 0.6 is 0 Å². The van der Waals surface area contributed by atoms with E-state index in [0.29, 0.717) is 18.2 Å². The lowest BCUT2D eigenvalue weighted by Crippen LogP contribution is -2.42. The van der Waals surface area contributed by atoms with Crippen LogP contribution in [0.3, 0.4) is 0 Å². The summed E-state index contributed by atoms with van der Waals surface area (Å²) in [4.78, 5) is 18.0. The Morgan fingerprint density at radius 1 is 1.38 bits per heavy atom. The second-order valence-corrected chi connectivity index (χ2v) is 7.34. The molecule has 1 aromatic carbocycles. The standard InChI is InChI=1S/C14H17N3O3S/c1-16(8-11-6-7-11)14(18)9-17-10-15-12-4-2-3-5-13(12)21(17,19)20/h2-5,10-11H,6-9H2,1H3. The van der Waals surface area contributed by atoms with Gasteiger partial charge in [0.25, 0.3) is 10.0 Å². The molecule has 1 aliphatic heterocycles. The Kier molecular flexibility index (Phi) is 3.44. The quantitative estimate of drug-likeness (QED) is 0.840. The first-order valence-electron chi connectivity index (χ1n) is 6.87. The molecule has 21 heavy (non-hydrogen) atoms. The number of carbonyl (C=O) groups excluding carboxylic acids is 1. The molecule has 1 amide bonds. The smallest absolute Gasteiger partial charge is 0.267 e. The van der Waals surface area contributed by atoms with Gasteiger partial charge in [0.1, 0.15) is 17.8 Å². The number of nitrogens with zero attached hydrogens (tertiary/aromatic N) is 3. The summed E-state index contributed by atoms with van der Waals surface area (Å²) in [7, 11) is -1.98. The van der Waals surface area contributed by atoms with Crippen LogP contribution in [-0.4, -0.2) is 50.0 Å². The molecular formula is C14H17N3O3S. The Balaban J connectivity index is 1.76. The molecule has 7 heteroatoms. The second-order valence-electron chi connectivity index (χ2n) is 5.48. The number of hydrogen-bond donors (Lipinski definition) is 0. The molecule has 0 spiro atoms. The van der Waals surface area contributed by atoms with Crippen LogP contribution in [0.5, 0.6) is 0 Å². The van der Waals surface area contributed by atoms with E-state index < -0.39 is 10.0 Å². The van der Waals surface area contributed by atoms with Crippen molar-refractivity contribution < 1.29 is 13.2 Å². The molecule has 1 aliphatic carbocycles. The highest BCUT2D eigenvalue weighted by Crippen LogP contribution is 2.31. The topological polar surface area (TPSA) is 70.1 Å². The van der Waals surface area contributed by atoms with Crippen molar-refractivity contribution in [2.24, 2.45) is 10.9 Å². The first-order chi connectivity index (χ1) is 9.98. The van der Waals surface area contributed by atoms with Crippen LogP contribution in [0.15, 0.2) is 34.2 Å². The van der Waals surface area contributed by atoms with Gasteiger partial charge in [0.15, 0.2) is 0 Å². The molecule has 0 N–H and O–H groups in total. The third-order valence-corrected chi connectivity index (χ3v) is 5.47. The van der Waals surface area contributed by atoms with Gasteiger partial charge in [-0.05, 0) is 30.9 Å². The monoisotopic (exact) mass is 307 g/mol. The summed E-state index contributed by atoms with van der Waals surface area (Å²) in [5.41, 5.74) is 0.410. The molecule has 0 radical (unpaired) electrons. The third kappa shape index (κ3) is 2.78. The normalized spacial score (nSPS) is 19.2. The molecule has 1 saturated carbocycles. The molecule has 0 atom stereocenters. The molecule has 2 aliphatic rings. The van der Waals surface area contributed by atoms with Crippen molar-refractivity contribution in [1.29, 1.82) is 0 Å². The summed E-state index contributed by atoms with van der Waals surface area (Å²) in [6.45, 7) is 0.490. The summed E-state index contributed by atoms with van der Waals surface area (Å²) in [6.07, 6.45) is 3.52. The van der Waals surface area contributed by atoms with E-state index in [1.54, 1.807) is 30.1 Å². The molecule has 112 valence electrons. The summed E-state index contributed by atoms with van der Waals surface area (Å²) in [5, 5.41) is 0. The zero-order valence-electron chi connectivity index (χ0n) is 11.8. The van der Waals surface area contributed by atoms with E-state index >= 15 is 0 Å². The Hall–Kier alpha value is -1.89. The molecule has 3 rings (SSSR count). The fourth-order valence-electron chi connectivity index (χ4n) is 2.27. The minimum Gasteiger partial charge on any atom is -0.344 e. The largest absolute Gasteiger partial charge is 0.344 e. The number of sulfonamides is 1. The average Bonchev–Trinajstić information content (AvgIpc) is 3.26. The lowest BCUT2D eigenvalue weighted by Gasteiger charge is -2.25. The highest BCUT2D eigenvalue weighted by atomic mass is 32.2. The average molecular weight is 307 g/mol. The Bertz CT molecular complexity index is 695. The lowest BCUT2D eigenvalue weighted by atomic mass is 10.3. The fourth-order valence-corrected chi connectivity index (χ4v) is 3.61. The Morgan fingerprint density at radius 2 is 2.10 bits per heavy atom. The van der Waals surface area contributed by atoms with Crippen LogP contribution in [0.25, 0.3) is 0 Å². The van der Waals surface area contributed by atoms with Gasteiger partial charge in [-0.15, -0.1) is 0 Å². The van der Waals surface area contributed by atoms with Crippen molar-refractivity contribution in [1.82, 2.24) is 9.21 Å². The van der Waals surface area contributed by atoms with Crippen molar-refractivity contribution in [3.8, 4) is 0 Å². The molecule has 1 fully saturated rings. The van der Waals surface area contributed by atoms with Crippen molar-refractivity contribution in [2.45, 2.75) is 17.7 Å². The first kappa shape index (κ1) is 14.1. The fraction of sp³-hybridized carbons (Fsp3) is 0.429. The minimum atomic E-state index is -3.69. The second kappa shape index (κ2) is 5.14. The summed E-state index contributed by atoms with van der Waals surface area (Å²) in [5.74, 6) is 0.364. The maximum Gasteiger partial charge on any atom is 0.267 e. The van der Waals surface area contributed by atoms with E-state index in [1.165, 1.54) is 12.4 Å². The number of rotatable bonds is 4. The molecule has 0 saturated heterocycles. The van der Waals surface area contributed by atoms with Crippen LogP contribution in [-0.2, 0) is 14.8 Å². The molecule has 0 unspecified atom stereocenters. The predicted molar refractivity (Wildman–Crippen MR) is 78.8 cm³/mol. The van der Waals surface area contributed by atoms with Crippen LogP contribution in [0, 0.1) is 5.92 Å². The predicted octanol–water partition coefficient (Wildman–Crippen LogP) is 1.22. The van der Waals surface area contributed by atoms with Gasteiger partial charge in [0, 0.05) is 13.6 Å². The zero-order valence-corrected chi connectivity index (χ0v) is 12.6. The highest BCUT2D eigenvalue weighted by molar-refractivity contribution is 7.89. The van der Waals surface area contributed by atoms with Crippen molar-refractivity contribution >= 4 is 28.0 Å². The van der Waals surface area contributed by atoms with Gasteiger partial charge in [-0.3, -0.25) is 4.79 Å². The number of carbonyl (C=O) groups is 1. The molecule has 0 bridgehead atoms. The molecule has 1 aromatic rings. The Labute approximate surface area is 124 Å². The number of amides is 1. The van der Waals surface area contributed by atoms with E-state index in [0.717, 1.165) is 17.1 Å². The number of aliphatic imine (C=N–C) groups is 1. The number of hydrogen-bond acceptors (Lipinski definition) is 4. The number of likely N-dealkylation sites (N-methyl/N-ethyl adjacent to an activating group) is 1. The maximum absolute atomic E-state index is 12.5. The third-order valence-electron chi connectivity index (χ3n) is 3.72. The molecule has 6 nitrogen and oxygen atoms in total. The van der Waals surface area contributed by atoms with Crippen LogP contribution < -0.4 is 0 Å². The molecular weight excluding hydrogens is 290 g/mol. The van der Waals surface area contributed by atoms with Gasteiger partial charge < -0.3 is 4.90 Å². The number of para-hydroxylation sites is 1. The van der Waals surface area contributed by atoms with Crippen LogP contribution in [0.4, 0.5) is 5.69 Å². The molecule has 1 heterocycles. The van der Waals surface area contributed by atoms with E-state index in [2.05, 4.69) is 4.99 Å². The van der Waals surface area contributed by atoms with E-state index in [4.69, 9.17) is 0 Å². The lowest BCUT2D eigenvalue weighted by molar-refractivity contribution is -0.129. The van der Waals surface area contributed by atoms with Gasteiger partial charge >= 0.3 is 0 Å². The number of benzene rings is 1. The van der Waals surface area contributed by atoms with E-state index in [-0.39, 0.29) is 17.3 Å². The van der Waals surface area contributed by atoms with Crippen LogP contribution in [0.1, 0.15) is 12.8 Å². The molecule has 0 aromatic heterocycles. The van der Waals surface area contributed by atoms with Crippen molar-refractivity contribution in [2.75, 3.05) is 20.1 Å². The van der Waals surface area contributed by atoms with Crippen molar-refractivity contribution in [3.63, 3.8) is 0 Å². The summed E-state index contributed by atoms with van der Waals surface area (Å²) in [6, 6.07) is 6.53. The van der Waals surface area contributed by atoms with Gasteiger partial charge in [-0.1, -0.05) is 12.1 Å². The number of fused-ring (bicyclic) bond motifs is 1. The van der Waals surface area contributed by atoms with E-state index in [1.807, 2.05) is 0 Å². The first-order valence-corrected chi connectivity index (χ1v) is 8.31. The van der Waals surface area contributed by atoms with E-state index in [9.17, 15) is 13.2 Å². The van der Waals surface area contributed by atoms with Crippen LogP contribution in [0.2, 0.25) is 0 Å². The summed E-state index contributed by atoms with van der Waals surface area (Å²) >= 11 is 0. The van der Waals surface area contributed by atoms with Gasteiger partial charge in [0.05, 0.1) is 5.69 Å². The van der Waals surface area contributed by atoms with Gasteiger partial charge in [-0.2, -0.15) is 0 Å². The van der Waals surface area contributed by atoms with Gasteiger partial charge in [-0.25, -0.2) is 17.7 Å². The maximum atomic E-state index is 12.5. The zero-order chi connectivity index (χ0) is 15.0. The van der Waals surface area contributed by atoms with Gasteiger partial charge in [0.2, 0.25) is 5.91 Å². The SMILES string of the molecule is CN(CC1CC1)C(=O)CN1C=Nc2ccccc2S1(=O)=O. The Morgan fingerprint density at radius 3 is 2.81 bits per heavy atom. The summed E-state index contributed by atoms with van der Waals surface area (Å²) < 4.78 is 25.9.